The maximum atomic E-state index is 13.2. The summed E-state index contributed by atoms with van der Waals surface area (Å²) in [6.45, 7) is 5.01. The molecule has 2 aliphatic rings. The number of carbonyl (C=O) groups is 1. The third kappa shape index (κ3) is 6.85. The van der Waals surface area contributed by atoms with E-state index in [0.717, 1.165) is 43.7 Å². The van der Waals surface area contributed by atoms with Crippen LogP contribution in [0.25, 0.3) is 0 Å². The lowest BCUT2D eigenvalue weighted by molar-refractivity contribution is -0.388. The molecule has 12 heteroatoms. The van der Waals surface area contributed by atoms with Gasteiger partial charge < -0.3 is 19.3 Å². The molecule has 0 unspecified atom stereocenters. The third-order valence-corrected chi connectivity index (χ3v) is 7.00. The van der Waals surface area contributed by atoms with E-state index in [0.29, 0.717) is 45.0 Å². The number of carbonyl (C=O) groups excluding carboxylic acids is 1. The summed E-state index contributed by atoms with van der Waals surface area (Å²) in [7, 11) is 1.65. The molecule has 2 saturated heterocycles. The third-order valence-electron chi connectivity index (χ3n) is 7.00. The average molecular weight is 537 g/mol. The Labute approximate surface area is 218 Å². The monoisotopic (exact) mass is 536 g/mol. The Morgan fingerprint density at radius 2 is 1.74 bits per heavy atom. The van der Waals surface area contributed by atoms with E-state index in [1.807, 2.05) is 18.2 Å². The number of piperazine rings is 1. The number of hydrogen-bond donors (Lipinski definition) is 0. The Morgan fingerprint density at radius 3 is 2.37 bits per heavy atom. The van der Waals surface area contributed by atoms with Crippen LogP contribution in [0.2, 0.25) is 0 Å². The Hall–Kier alpha value is -3.54. The zero-order chi connectivity index (χ0) is 27.3. The molecule has 0 saturated carbocycles. The van der Waals surface area contributed by atoms with Crippen molar-refractivity contribution in [2.45, 2.75) is 31.5 Å². The van der Waals surface area contributed by atoms with Crippen molar-refractivity contribution in [1.29, 1.82) is 0 Å². The zero-order valence-corrected chi connectivity index (χ0v) is 21.2. The molecule has 0 aromatic heterocycles. The number of benzene rings is 2. The van der Waals surface area contributed by atoms with Crippen molar-refractivity contribution in [3.05, 3.63) is 58.1 Å². The number of alkyl halides is 3. The normalized spacial score (nSPS) is 17.4. The van der Waals surface area contributed by atoms with E-state index >= 15 is 0 Å². The number of likely N-dealkylation sites (tertiary alicyclic amines) is 1. The van der Waals surface area contributed by atoms with E-state index in [2.05, 4.69) is 15.9 Å². The SMILES string of the molecule is COc1cccc(N2CCN(CCC(=O)N3CCC(Oc4ccc([N+](=O)[O-])c(C(F)(F)F)c4)CC3)CC2)c1. The average Bonchev–Trinajstić information content (AvgIpc) is 2.92. The van der Waals surface area contributed by atoms with Gasteiger partial charge in [-0.3, -0.25) is 19.8 Å². The molecule has 0 aliphatic carbocycles. The van der Waals surface area contributed by atoms with Crippen LogP contribution in [0, 0.1) is 10.1 Å². The van der Waals surface area contributed by atoms with Gasteiger partial charge in [0, 0.05) is 82.9 Å². The van der Waals surface area contributed by atoms with Crippen LogP contribution in [-0.2, 0) is 11.0 Å². The van der Waals surface area contributed by atoms with Gasteiger partial charge >= 0.3 is 6.18 Å². The van der Waals surface area contributed by atoms with Gasteiger partial charge in [-0.05, 0) is 24.3 Å². The molecule has 0 spiro atoms. The molecule has 206 valence electrons. The van der Waals surface area contributed by atoms with E-state index in [1.165, 1.54) is 6.07 Å². The summed E-state index contributed by atoms with van der Waals surface area (Å²) >= 11 is 0. The largest absolute Gasteiger partial charge is 0.497 e. The molecule has 2 aliphatic heterocycles. The number of halogens is 3. The first-order valence-corrected chi connectivity index (χ1v) is 12.6. The van der Waals surface area contributed by atoms with Gasteiger partial charge in [-0.1, -0.05) is 6.07 Å². The van der Waals surface area contributed by atoms with Gasteiger partial charge in [0.05, 0.1) is 12.0 Å². The van der Waals surface area contributed by atoms with E-state index < -0.39 is 22.4 Å². The fraction of sp³-hybridized carbons (Fsp3) is 0.500. The number of methoxy groups -OCH3 is 1. The lowest BCUT2D eigenvalue weighted by atomic mass is 10.1. The van der Waals surface area contributed by atoms with E-state index in [9.17, 15) is 28.1 Å². The number of ether oxygens (including phenoxy) is 2. The molecule has 2 fully saturated rings. The second kappa shape index (κ2) is 11.9. The number of nitro groups is 1. The Kier molecular flexibility index (Phi) is 8.60. The van der Waals surface area contributed by atoms with Crippen molar-refractivity contribution in [3.63, 3.8) is 0 Å². The van der Waals surface area contributed by atoms with Gasteiger partial charge in [-0.25, -0.2) is 0 Å². The lowest BCUT2D eigenvalue weighted by Crippen LogP contribution is -2.48. The molecule has 1 amide bonds. The quantitative estimate of drug-likeness (QED) is 0.369. The smallest absolute Gasteiger partial charge is 0.423 e. The predicted octanol–water partition coefficient (Wildman–Crippen LogP) is 4.20. The molecule has 0 radical (unpaired) electrons. The van der Waals surface area contributed by atoms with Gasteiger partial charge in [-0.2, -0.15) is 13.2 Å². The van der Waals surface area contributed by atoms with Gasteiger partial charge in [-0.15, -0.1) is 0 Å². The predicted molar refractivity (Wildman–Crippen MR) is 135 cm³/mol. The van der Waals surface area contributed by atoms with Crippen molar-refractivity contribution >= 4 is 17.3 Å². The molecule has 2 heterocycles. The Bertz CT molecular complexity index is 1130. The summed E-state index contributed by atoms with van der Waals surface area (Å²) in [5, 5.41) is 10.9. The first kappa shape index (κ1) is 27.5. The van der Waals surface area contributed by atoms with Crippen LogP contribution in [0.4, 0.5) is 24.5 Å². The van der Waals surface area contributed by atoms with Crippen LogP contribution in [0.5, 0.6) is 11.5 Å². The first-order valence-electron chi connectivity index (χ1n) is 12.6. The van der Waals surface area contributed by atoms with Crippen molar-refractivity contribution in [2.75, 3.05) is 57.8 Å². The summed E-state index contributed by atoms with van der Waals surface area (Å²) in [6, 6.07) is 10.6. The maximum Gasteiger partial charge on any atom is 0.423 e. The summed E-state index contributed by atoms with van der Waals surface area (Å²) < 4.78 is 50.7. The first-order chi connectivity index (χ1) is 18.1. The van der Waals surface area contributed by atoms with Gasteiger partial charge in [0.1, 0.15) is 23.2 Å². The molecule has 0 N–H and O–H groups in total. The van der Waals surface area contributed by atoms with E-state index in [1.54, 1.807) is 12.0 Å². The number of hydrogen-bond acceptors (Lipinski definition) is 7. The molecule has 4 rings (SSSR count). The van der Waals surface area contributed by atoms with Crippen molar-refractivity contribution < 1.29 is 32.4 Å². The highest BCUT2D eigenvalue weighted by atomic mass is 19.4. The minimum Gasteiger partial charge on any atom is -0.497 e. The van der Waals surface area contributed by atoms with Crippen molar-refractivity contribution in [3.8, 4) is 11.5 Å². The molecular weight excluding hydrogens is 505 g/mol. The van der Waals surface area contributed by atoms with Gasteiger partial charge in [0.2, 0.25) is 5.91 Å². The minimum atomic E-state index is -4.86. The van der Waals surface area contributed by atoms with Crippen LogP contribution < -0.4 is 14.4 Å². The topological polar surface area (TPSA) is 88.4 Å². The highest BCUT2D eigenvalue weighted by molar-refractivity contribution is 5.76. The van der Waals surface area contributed by atoms with E-state index in [-0.39, 0.29) is 17.8 Å². The molecule has 0 bridgehead atoms. The second-order valence-electron chi connectivity index (χ2n) is 9.41. The number of nitro benzene ring substituents is 1. The number of anilines is 1. The highest BCUT2D eigenvalue weighted by Gasteiger charge is 2.39. The summed E-state index contributed by atoms with van der Waals surface area (Å²) in [4.78, 5) is 29.0. The fourth-order valence-electron chi connectivity index (χ4n) is 4.84. The fourth-order valence-corrected chi connectivity index (χ4v) is 4.84. The molecular formula is C26H31F3N4O5. The van der Waals surface area contributed by atoms with Crippen molar-refractivity contribution in [2.24, 2.45) is 0 Å². The van der Waals surface area contributed by atoms with Gasteiger partial charge in [0.15, 0.2) is 0 Å². The molecule has 2 aromatic rings. The van der Waals surface area contributed by atoms with E-state index in [4.69, 9.17) is 9.47 Å². The lowest BCUT2D eigenvalue weighted by Gasteiger charge is -2.37. The van der Waals surface area contributed by atoms with Crippen LogP contribution in [-0.4, -0.2) is 79.7 Å². The second-order valence-corrected chi connectivity index (χ2v) is 9.41. The van der Waals surface area contributed by atoms with Crippen LogP contribution in [0.1, 0.15) is 24.8 Å². The zero-order valence-electron chi connectivity index (χ0n) is 21.2. The maximum absolute atomic E-state index is 13.2. The minimum absolute atomic E-state index is 0.0494. The summed E-state index contributed by atoms with van der Waals surface area (Å²) in [5.74, 6) is 0.803. The highest BCUT2D eigenvalue weighted by Crippen LogP contribution is 2.38. The number of nitrogens with zero attached hydrogens (tertiary/aromatic N) is 4. The molecule has 2 aromatic carbocycles. The van der Waals surface area contributed by atoms with Crippen LogP contribution in [0.3, 0.4) is 0 Å². The molecule has 38 heavy (non-hydrogen) atoms. The van der Waals surface area contributed by atoms with Gasteiger partial charge in [0.25, 0.3) is 5.69 Å². The molecule has 0 atom stereocenters. The van der Waals surface area contributed by atoms with Crippen LogP contribution in [0.15, 0.2) is 42.5 Å². The number of rotatable bonds is 8. The summed E-state index contributed by atoms with van der Waals surface area (Å²) in [6.07, 6.45) is -3.88. The van der Waals surface area contributed by atoms with Crippen LogP contribution >= 0.6 is 0 Å². The van der Waals surface area contributed by atoms with Crippen molar-refractivity contribution in [1.82, 2.24) is 9.80 Å². The number of piperidine rings is 1. The summed E-state index contributed by atoms with van der Waals surface area (Å²) in [5.41, 5.74) is -1.22. The number of amides is 1. The Balaban J connectivity index is 1.20. The Morgan fingerprint density at radius 1 is 1.03 bits per heavy atom. The standard InChI is InChI=1S/C26H31F3N4O5/c1-37-21-4-2-3-19(17-21)31-15-13-30(14-16-31)10-9-25(34)32-11-7-20(8-12-32)38-22-5-6-24(33(35)36)23(18-22)26(27,28)29/h2-6,17-18,20H,7-16H2,1H3. The molecule has 9 nitrogen and oxygen atoms in total.